The monoisotopic (exact) mass is 338 g/mol. The average Bonchev–Trinajstić information content (AvgIpc) is 2.57. The van der Waals surface area contributed by atoms with Gasteiger partial charge in [0.2, 0.25) is 10.0 Å². The molecule has 0 saturated heterocycles. The minimum absolute atomic E-state index is 0.0611. The van der Waals surface area contributed by atoms with Crippen LogP contribution >= 0.6 is 15.9 Å². The molecule has 0 unspecified atom stereocenters. The van der Waals surface area contributed by atoms with E-state index in [2.05, 4.69) is 15.9 Å². The third kappa shape index (κ3) is 3.56. The number of nitrogens with zero attached hydrogens (tertiary/aromatic N) is 1. The molecule has 102 valence electrons. The first kappa shape index (κ1) is 15.2. The minimum Gasteiger partial charge on any atom is -0.443 e. The van der Waals surface area contributed by atoms with Crippen molar-refractivity contribution in [2.24, 2.45) is 11.1 Å². The average molecular weight is 339 g/mol. The summed E-state index contributed by atoms with van der Waals surface area (Å²) < 4.78 is 27.4. The summed E-state index contributed by atoms with van der Waals surface area (Å²) in [5.74, 6) is -0.150. The summed E-state index contributed by atoms with van der Waals surface area (Å²) in [5.41, 5.74) is 0. The summed E-state index contributed by atoms with van der Waals surface area (Å²) in [6.07, 6.45) is 0. The van der Waals surface area contributed by atoms with Crippen LogP contribution in [0.15, 0.2) is 20.0 Å². The molecular formula is C10H15BrN2O4S. The summed E-state index contributed by atoms with van der Waals surface area (Å²) >= 11 is 2.92. The van der Waals surface area contributed by atoms with Gasteiger partial charge in [0.15, 0.2) is 10.4 Å². The molecule has 0 saturated carbocycles. The Morgan fingerprint density at radius 2 is 2.11 bits per heavy atom. The second-order valence-corrected chi connectivity index (χ2v) is 6.62. The van der Waals surface area contributed by atoms with Crippen LogP contribution in [0.4, 0.5) is 0 Å². The van der Waals surface area contributed by atoms with Gasteiger partial charge >= 0.3 is 0 Å². The third-order valence-electron chi connectivity index (χ3n) is 2.16. The van der Waals surface area contributed by atoms with Gasteiger partial charge in [-0.2, -0.15) is 0 Å². The smallest absolute Gasteiger partial charge is 0.289 e. The molecule has 1 aromatic rings. The SMILES string of the molecule is CC(C)CN(C)C(=O)c1cc(S(N)(=O)=O)c(Br)o1. The highest BCUT2D eigenvalue weighted by atomic mass is 79.9. The molecule has 0 aliphatic heterocycles. The van der Waals surface area contributed by atoms with Crippen LogP contribution in [-0.4, -0.2) is 32.8 Å². The Hall–Kier alpha value is -0.860. The van der Waals surface area contributed by atoms with Crippen molar-refractivity contribution >= 4 is 31.9 Å². The molecule has 0 aliphatic rings. The Kier molecular flexibility index (Phi) is 4.57. The van der Waals surface area contributed by atoms with Gasteiger partial charge in [-0.15, -0.1) is 0 Å². The van der Waals surface area contributed by atoms with E-state index in [0.29, 0.717) is 12.5 Å². The van der Waals surface area contributed by atoms with Crippen LogP contribution in [0.5, 0.6) is 0 Å². The zero-order valence-electron chi connectivity index (χ0n) is 10.3. The summed E-state index contributed by atoms with van der Waals surface area (Å²) in [5, 5.41) is 4.99. The molecule has 0 aromatic carbocycles. The summed E-state index contributed by atoms with van der Waals surface area (Å²) in [4.78, 5) is 13.2. The largest absolute Gasteiger partial charge is 0.443 e. The fourth-order valence-electron chi connectivity index (χ4n) is 1.47. The number of amides is 1. The maximum absolute atomic E-state index is 11.9. The molecule has 0 aliphatic carbocycles. The van der Waals surface area contributed by atoms with Crippen molar-refractivity contribution in [1.82, 2.24) is 4.90 Å². The highest BCUT2D eigenvalue weighted by Gasteiger charge is 2.24. The number of carbonyl (C=O) groups is 1. The fraction of sp³-hybridized carbons (Fsp3) is 0.500. The zero-order chi connectivity index (χ0) is 14.1. The van der Waals surface area contributed by atoms with Crippen molar-refractivity contribution in [2.75, 3.05) is 13.6 Å². The molecular weight excluding hydrogens is 324 g/mol. The van der Waals surface area contributed by atoms with E-state index >= 15 is 0 Å². The van der Waals surface area contributed by atoms with Crippen LogP contribution in [0.2, 0.25) is 0 Å². The number of primary sulfonamides is 1. The molecule has 1 amide bonds. The van der Waals surface area contributed by atoms with Crippen molar-refractivity contribution < 1.29 is 17.6 Å². The first-order valence-corrected chi connectivity index (χ1v) is 7.54. The van der Waals surface area contributed by atoms with Crippen molar-refractivity contribution in [3.8, 4) is 0 Å². The van der Waals surface area contributed by atoms with E-state index in [1.165, 1.54) is 4.90 Å². The highest BCUT2D eigenvalue weighted by molar-refractivity contribution is 9.10. The van der Waals surface area contributed by atoms with Crippen molar-refractivity contribution in [1.29, 1.82) is 0 Å². The molecule has 0 atom stereocenters. The van der Waals surface area contributed by atoms with E-state index < -0.39 is 10.0 Å². The van der Waals surface area contributed by atoms with Gasteiger partial charge < -0.3 is 9.32 Å². The molecule has 1 aromatic heterocycles. The van der Waals surface area contributed by atoms with Gasteiger partial charge in [0.25, 0.3) is 5.91 Å². The van der Waals surface area contributed by atoms with Gasteiger partial charge in [-0.3, -0.25) is 4.79 Å². The van der Waals surface area contributed by atoms with E-state index in [9.17, 15) is 13.2 Å². The number of furan rings is 1. The van der Waals surface area contributed by atoms with Gasteiger partial charge in [0.1, 0.15) is 4.90 Å². The Labute approximate surface area is 114 Å². The lowest BCUT2D eigenvalue weighted by Gasteiger charge is -2.17. The predicted octanol–water partition coefficient (Wildman–Crippen LogP) is 1.42. The number of carbonyl (C=O) groups excluding carboxylic acids is 1. The maximum atomic E-state index is 11.9. The first-order chi connectivity index (χ1) is 8.12. The van der Waals surface area contributed by atoms with E-state index in [4.69, 9.17) is 9.56 Å². The molecule has 6 nitrogen and oxygen atoms in total. The van der Waals surface area contributed by atoms with Gasteiger partial charge in [0, 0.05) is 19.7 Å². The zero-order valence-corrected chi connectivity index (χ0v) is 12.7. The second-order valence-electron chi connectivity index (χ2n) is 4.37. The van der Waals surface area contributed by atoms with Gasteiger partial charge in [0.05, 0.1) is 0 Å². The molecule has 18 heavy (non-hydrogen) atoms. The topological polar surface area (TPSA) is 93.6 Å². The predicted molar refractivity (Wildman–Crippen MR) is 69.6 cm³/mol. The molecule has 0 radical (unpaired) electrons. The number of hydrogen-bond acceptors (Lipinski definition) is 4. The quantitative estimate of drug-likeness (QED) is 0.898. The first-order valence-electron chi connectivity index (χ1n) is 5.20. The van der Waals surface area contributed by atoms with Gasteiger partial charge in [-0.1, -0.05) is 13.8 Å². The Bertz CT molecular complexity index is 550. The Balaban J connectivity index is 3.02. The van der Waals surface area contributed by atoms with Crippen molar-refractivity contribution in [3.05, 3.63) is 16.5 Å². The number of hydrogen-bond donors (Lipinski definition) is 1. The Morgan fingerprint density at radius 3 is 2.50 bits per heavy atom. The maximum Gasteiger partial charge on any atom is 0.289 e. The number of sulfonamides is 1. The van der Waals surface area contributed by atoms with Crippen LogP contribution in [0.1, 0.15) is 24.4 Å². The second kappa shape index (κ2) is 5.41. The summed E-state index contributed by atoms with van der Waals surface area (Å²) in [6, 6.07) is 1.12. The van der Waals surface area contributed by atoms with E-state index in [1.54, 1.807) is 7.05 Å². The van der Waals surface area contributed by atoms with Gasteiger partial charge in [-0.05, 0) is 21.8 Å². The lowest BCUT2D eigenvalue weighted by atomic mass is 10.2. The number of rotatable bonds is 4. The van der Waals surface area contributed by atoms with Crippen LogP contribution in [0, 0.1) is 5.92 Å². The van der Waals surface area contributed by atoms with Gasteiger partial charge in [-0.25, -0.2) is 13.6 Å². The van der Waals surface area contributed by atoms with Crippen LogP contribution < -0.4 is 5.14 Å². The van der Waals surface area contributed by atoms with E-state index in [-0.39, 0.29) is 21.2 Å². The fourth-order valence-corrected chi connectivity index (χ4v) is 2.97. The molecule has 8 heteroatoms. The van der Waals surface area contributed by atoms with E-state index in [0.717, 1.165) is 6.07 Å². The van der Waals surface area contributed by atoms with Crippen LogP contribution in [0.25, 0.3) is 0 Å². The van der Waals surface area contributed by atoms with Crippen LogP contribution in [-0.2, 0) is 10.0 Å². The molecule has 0 bridgehead atoms. The Morgan fingerprint density at radius 1 is 1.56 bits per heavy atom. The summed E-state index contributed by atoms with van der Waals surface area (Å²) in [6.45, 7) is 4.48. The lowest BCUT2D eigenvalue weighted by molar-refractivity contribution is 0.0746. The van der Waals surface area contributed by atoms with Crippen molar-refractivity contribution in [3.63, 3.8) is 0 Å². The number of halogens is 1. The van der Waals surface area contributed by atoms with Crippen molar-refractivity contribution in [2.45, 2.75) is 18.7 Å². The molecule has 0 fully saturated rings. The summed E-state index contributed by atoms with van der Waals surface area (Å²) in [7, 11) is -2.29. The lowest BCUT2D eigenvalue weighted by Crippen LogP contribution is -2.29. The molecule has 2 N–H and O–H groups in total. The highest BCUT2D eigenvalue weighted by Crippen LogP contribution is 2.25. The molecule has 0 spiro atoms. The van der Waals surface area contributed by atoms with Crippen LogP contribution in [0.3, 0.4) is 0 Å². The molecule has 1 heterocycles. The van der Waals surface area contributed by atoms with E-state index in [1.807, 2.05) is 13.8 Å². The standard InChI is InChI=1S/C10H15BrN2O4S/c1-6(2)5-13(3)10(14)7-4-8(9(11)17-7)18(12,15)16/h4,6H,5H2,1-3H3,(H2,12,15,16). The minimum atomic E-state index is -3.91. The normalized spacial score (nSPS) is 11.9. The number of nitrogens with two attached hydrogens (primary N) is 1. The third-order valence-corrected chi connectivity index (χ3v) is 3.93. The molecule has 1 rings (SSSR count).